The fourth-order valence-corrected chi connectivity index (χ4v) is 2.66. The van der Waals surface area contributed by atoms with Crippen molar-refractivity contribution in [3.63, 3.8) is 0 Å². The Balaban J connectivity index is 2.11. The van der Waals surface area contributed by atoms with Crippen molar-refractivity contribution in [2.45, 2.75) is 10.5 Å². The number of ether oxygens (including phenoxy) is 2. The third-order valence-corrected chi connectivity index (χ3v) is 3.85. The molecule has 0 amide bonds. The van der Waals surface area contributed by atoms with Crippen LogP contribution in [0.4, 0.5) is 0 Å². The predicted octanol–water partition coefficient (Wildman–Crippen LogP) is 2.52. The molecule has 4 heteroatoms. The van der Waals surface area contributed by atoms with Crippen LogP contribution >= 0.6 is 23.1 Å². The van der Waals surface area contributed by atoms with Gasteiger partial charge in [-0.2, -0.15) is 0 Å². The van der Waals surface area contributed by atoms with Crippen LogP contribution in [0.2, 0.25) is 0 Å². The lowest BCUT2D eigenvalue weighted by Crippen LogP contribution is -1.93. The molecule has 2 nitrogen and oxygen atoms in total. The molecule has 0 radical (unpaired) electrons. The fourth-order valence-electron chi connectivity index (χ4n) is 1.09. The van der Waals surface area contributed by atoms with E-state index >= 15 is 0 Å². The SMILES string of the molecule is CSc1ccc(C2OCCO2)s1. The fraction of sp³-hybridized carbons (Fsp3) is 0.500. The smallest absolute Gasteiger partial charge is 0.193 e. The molecule has 1 aliphatic rings. The van der Waals surface area contributed by atoms with Crippen LogP contribution in [0.5, 0.6) is 0 Å². The molecule has 1 fully saturated rings. The summed E-state index contributed by atoms with van der Waals surface area (Å²) < 4.78 is 12.1. The summed E-state index contributed by atoms with van der Waals surface area (Å²) in [5, 5.41) is 0. The average Bonchev–Trinajstić information content (AvgIpc) is 2.75. The molecule has 1 aliphatic heterocycles. The molecule has 1 saturated heterocycles. The first kappa shape index (κ1) is 8.56. The van der Waals surface area contributed by atoms with E-state index < -0.39 is 0 Å². The highest BCUT2D eigenvalue weighted by Crippen LogP contribution is 2.33. The van der Waals surface area contributed by atoms with Gasteiger partial charge in [0.1, 0.15) is 0 Å². The largest absolute Gasteiger partial charge is 0.345 e. The zero-order valence-electron chi connectivity index (χ0n) is 6.78. The van der Waals surface area contributed by atoms with Gasteiger partial charge in [0.15, 0.2) is 6.29 Å². The van der Waals surface area contributed by atoms with Gasteiger partial charge < -0.3 is 9.47 Å². The Kier molecular flexibility index (Phi) is 2.70. The number of rotatable bonds is 2. The normalized spacial score (nSPS) is 18.8. The molecule has 1 aromatic rings. The van der Waals surface area contributed by atoms with Crippen LogP contribution in [0.15, 0.2) is 16.3 Å². The molecule has 66 valence electrons. The van der Waals surface area contributed by atoms with Crippen molar-refractivity contribution in [1.29, 1.82) is 0 Å². The molecule has 12 heavy (non-hydrogen) atoms. The number of thiophene rings is 1. The van der Waals surface area contributed by atoms with Gasteiger partial charge in [-0.15, -0.1) is 23.1 Å². The lowest BCUT2D eigenvalue weighted by molar-refractivity contribution is -0.0413. The zero-order chi connectivity index (χ0) is 8.39. The van der Waals surface area contributed by atoms with Gasteiger partial charge in [-0.1, -0.05) is 0 Å². The van der Waals surface area contributed by atoms with Gasteiger partial charge in [0.05, 0.1) is 22.3 Å². The molecule has 2 heterocycles. The van der Waals surface area contributed by atoms with E-state index in [4.69, 9.17) is 9.47 Å². The Bertz CT molecular complexity index is 253. The molecule has 0 saturated carbocycles. The summed E-state index contributed by atoms with van der Waals surface area (Å²) in [6.07, 6.45) is 1.97. The lowest BCUT2D eigenvalue weighted by atomic mass is 10.5. The summed E-state index contributed by atoms with van der Waals surface area (Å²) >= 11 is 3.50. The second kappa shape index (κ2) is 3.79. The summed E-state index contributed by atoms with van der Waals surface area (Å²) in [4.78, 5) is 1.18. The van der Waals surface area contributed by atoms with E-state index in [9.17, 15) is 0 Å². The Morgan fingerprint density at radius 1 is 1.42 bits per heavy atom. The summed E-state index contributed by atoms with van der Waals surface area (Å²) in [6, 6.07) is 4.18. The Morgan fingerprint density at radius 3 is 2.75 bits per heavy atom. The van der Waals surface area contributed by atoms with E-state index in [1.54, 1.807) is 23.1 Å². The van der Waals surface area contributed by atoms with Gasteiger partial charge in [0, 0.05) is 0 Å². The van der Waals surface area contributed by atoms with Gasteiger partial charge in [-0.3, -0.25) is 0 Å². The van der Waals surface area contributed by atoms with Crippen LogP contribution in [0.25, 0.3) is 0 Å². The third kappa shape index (κ3) is 1.66. The van der Waals surface area contributed by atoms with E-state index in [2.05, 4.69) is 18.4 Å². The molecule has 0 N–H and O–H groups in total. The molecule has 0 aliphatic carbocycles. The van der Waals surface area contributed by atoms with Crippen LogP contribution in [0.1, 0.15) is 11.2 Å². The third-order valence-electron chi connectivity index (χ3n) is 1.66. The number of thioether (sulfide) groups is 1. The summed E-state index contributed by atoms with van der Waals surface area (Å²) in [5.41, 5.74) is 0. The van der Waals surface area contributed by atoms with Crippen molar-refractivity contribution >= 4 is 23.1 Å². The maximum absolute atomic E-state index is 5.38. The van der Waals surface area contributed by atoms with Crippen LogP contribution in [0.3, 0.4) is 0 Å². The molecule has 0 atom stereocenters. The van der Waals surface area contributed by atoms with E-state index in [-0.39, 0.29) is 6.29 Å². The van der Waals surface area contributed by atoms with Gasteiger partial charge >= 0.3 is 0 Å². The minimum Gasteiger partial charge on any atom is -0.345 e. The second-order valence-corrected chi connectivity index (χ2v) is 4.66. The molecule has 0 aromatic carbocycles. The first-order valence-electron chi connectivity index (χ1n) is 3.77. The summed E-state index contributed by atoms with van der Waals surface area (Å²) in [6.45, 7) is 1.44. The van der Waals surface area contributed by atoms with Gasteiger partial charge in [0.25, 0.3) is 0 Å². The first-order chi connectivity index (χ1) is 5.90. The minimum atomic E-state index is -0.101. The number of hydrogen-bond donors (Lipinski definition) is 0. The quantitative estimate of drug-likeness (QED) is 0.687. The van der Waals surface area contributed by atoms with E-state index in [0.29, 0.717) is 0 Å². The molecule has 0 bridgehead atoms. The predicted molar refractivity (Wildman–Crippen MR) is 50.7 cm³/mol. The topological polar surface area (TPSA) is 18.5 Å². The maximum atomic E-state index is 5.38. The van der Waals surface area contributed by atoms with Crippen molar-refractivity contribution in [1.82, 2.24) is 0 Å². The van der Waals surface area contributed by atoms with Gasteiger partial charge in [-0.05, 0) is 18.4 Å². The van der Waals surface area contributed by atoms with E-state index in [1.165, 1.54) is 9.09 Å². The molecule has 0 spiro atoms. The molecule has 1 aromatic heterocycles. The highest BCUT2D eigenvalue weighted by Gasteiger charge is 2.19. The van der Waals surface area contributed by atoms with E-state index in [1.807, 2.05) is 0 Å². The maximum Gasteiger partial charge on any atom is 0.193 e. The minimum absolute atomic E-state index is 0.101. The molecule has 2 rings (SSSR count). The van der Waals surface area contributed by atoms with Gasteiger partial charge in [-0.25, -0.2) is 0 Å². The number of hydrogen-bond acceptors (Lipinski definition) is 4. The molecular formula is C8H10O2S2. The van der Waals surface area contributed by atoms with Crippen LogP contribution in [0, 0.1) is 0 Å². The second-order valence-electron chi connectivity index (χ2n) is 2.43. The molecular weight excluding hydrogens is 192 g/mol. The monoisotopic (exact) mass is 202 g/mol. The van der Waals surface area contributed by atoms with Crippen molar-refractivity contribution in [2.24, 2.45) is 0 Å². The summed E-state index contributed by atoms with van der Waals surface area (Å²) in [7, 11) is 0. The average molecular weight is 202 g/mol. The van der Waals surface area contributed by atoms with E-state index in [0.717, 1.165) is 13.2 Å². The zero-order valence-corrected chi connectivity index (χ0v) is 8.41. The van der Waals surface area contributed by atoms with Crippen LogP contribution in [-0.4, -0.2) is 19.5 Å². The van der Waals surface area contributed by atoms with Crippen molar-refractivity contribution in [3.05, 3.63) is 17.0 Å². The van der Waals surface area contributed by atoms with Crippen molar-refractivity contribution < 1.29 is 9.47 Å². The molecule has 0 unspecified atom stereocenters. The Labute approximate surface area is 79.9 Å². The highest BCUT2D eigenvalue weighted by atomic mass is 32.2. The van der Waals surface area contributed by atoms with Crippen molar-refractivity contribution in [3.8, 4) is 0 Å². The van der Waals surface area contributed by atoms with Crippen LogP contribution in [-0.2, 0) is 9.47 Å². The van der Waals surface area contributed by atoms with Crippen molar-refractivity contribution in [2.75, 3.05) is 19.5 Å². The Morgan fingerprint density at radius 2 is 2.17 bits per heavy atom. The summed E-state index contributed by atoms with van der Waals surface area (Å²) in [5.74, 6) is 0. The highest BCUT2D eigenvalue weighted by molar-refractivity contribution is 8.00. The van der Waals surface area contributed by atoms with Gasteiger partial charge in [0.2, 0.25) is 0 Å². The Hall–Kier alpha value is -0.0300. The first-order valence-corrected chi connectivity index (χ1v) is 5.81. The van der Waals surface area contributed by atoms with Crippen LogP contribution < -0.4 is 0 Å². The lowest BCUT2D eigenvalue weighted by Gasteiger charge is -2.04. The standard InChI is InChI=1S/C8H10O2S2/c1-11-7-3-2-6(12-7)8-9-4-5-10-8/h2-3,8H,4-5H2,1H3.